The molecule has 0 unspecified atom stereocenters. The van der Waals surface area contributed by atoms with Gasteiger partial charge in [-0.3, -0.25) is 14.6 Å². The van der Waals surface area contributed by atoms with E-state index in [-0.39, 0.29) is 0 Å². The third-order valence-electron chi connectivity index (χ3n) is 5.50. The van der Waals surface area contributed by atoms with Gasteiger partial charge in [0.15, 0.2) is 0 Å². The van der Waals surface area contributed by atoms with Crippen LogP contribution in [0.3, 0.4) is 0 Å². The first-order chi connectivity index (χ1) is 13.5. The average Bonchev–Trinajstić information content (AvgIpc) is 2.74. The van der Waals surface area contributed by atoms with Crippen molar-refractivity contribution < 1.29 is 9.59 Å². The van der Waals surface area contributed by atoms with E-state index in [4.69, 9.17) is 0 Å². The van der Waals surface area contributed by atoms with Crippen molar-refractivity contribution in [3.05, 3.63) is 59.4 Å². The molecule has 2 amide bonds. The van der Waals surface area contributed by atoms with Crippen molar-refractivity contribution >= 4 is 17.5 Å². The number of amides is 2. The van der Waals surface area contributed by atoms with Crippen LogP contribution in [0.1, 0.15) is 16.7 Å². The first-order valence-corrected chi connectivity index (χ1v) is 9.72. The number of nitrogens with zero attached hydrogens (tertiary/aromatic N) is 4. The van der Waals surface area contributed by atoms with Gasteiger partial charge in [0, 0.05) is 57.9 Å². The van der Waals surface area contributed by atoms with Gasteiger partial charge in [-0.1, -0.05) is 12.1 Å². The predicted octanol–water partition coefficient (Wildman–Crippen LogP) is 2.05. The molecule has 3 rings (SSSR count). The van der Waals surface area contributed by atoms with Gasteiger partial charge in [0.2, 0.25) is 0 Å². The third kappa shape index (κ3) is 4.50. The number of rotatable bonds is 4. The molecule has 0 bridgehead atoms. The Morgan fingerprint density at radius 3 is 2.39 bits per heavy atom. The largest absolute Gasteiger partial charge is 0.368 e. The number of pyridine rings is 1. The summed E-state index contributed by atoms with van der Waals surface area (Å²) in [5.74, 6) is -0.841. The lowest BCUT2D eigenvalue weighted by atomic mass is 10.1. The molecule has 1 aliphatic rings. The van der Waals surface area contributed by atoms with Crippen LogP contribution < -0.4 is 4.90 Å². The van der Waals surface area contributed by atoms with E-state index in [2.05, 4.69) is 41.9 Å². The Bertz CT molecular complexity index is 830. The molecule has 0 aliphatic carbocycles. The highest BCUT2D eigenvalue weighted by molar-refractivity contribution is 6.34. The van der Waals surface area contributed by atoms with Crippen molar-refractivity contribution in [1.82, 2.24) is 14.8 Å². The minimum atomic E-state index is -0.436. The second-order valence-electron chi connectivity index (χ2n) is 7.33. The summed E-state index contributed by atoms with van der Waals surface area (Å²) in [6.45, 7) is 7.36. The zero-order chi connectivity index (χ0) is 20.1. The molecule has 0 spiro atoms. The van der Waals surface area contributed by atoms with Crippen LogP contribution in [0.15, 0.2) is 42.7 Å². The molecule has 0 N–H and O–H groups in total. The third-order valence-corrected chi connectivity index (χ3v) is 5.50. The summed E-state index contributed by atoms with van der Waals surface area (Å²) in [5, 5.41) is 0. The molecular formula is C22H28N4O2. The van der Waals surface area contributed by atoms with Gasteiger partial charge >= 0.3 is 11.8 Å². The van der Waals surface area contributed by atoms with E-state index in [0.29, 0.717) is 26.1 Å². The molecule has 1 fully saturated rings. The highest BCUT2D eigenvalue weighted by Crippen LogP contribution is 2.23. The Hall–Kier alpha value is -2.89. The van der Waals surface area contributed by atoms with Gasteiger partial charge in [0.05, 0.1) is 0 Å². The standard InChI is InChI=1S/C22H28N4O2/c1-17-5-4-6-20(18(17)2)25-13-15-26(16-14-25)22(28)21(27)24(3)12-9-19-7-10-23-11-8-19/h4-8,10-11H,9,12-16H2,1-3H3. The minimum absolute atomic E-state index is 0.405. The number of aromatic nitrogens is 1. The summed E-state index contributed by atoms with van der Waals surface area (Å²) in [7, 11) is 1.69. The highest BCUT2D eigenvalue weighted by atomic mass is 16.2. The van der Waals surface area contributed by atoms with Crippen molar-refractivity contribution in [3.63, 3.8) is 0 Å². The molecule has 1 aromatic carbocycles. The van der Waals surface area contributed by atoms with Gasteiger partial charge in [-0.05, 0) is 55.2 Å². The maximum atomic E-state index is 12.6. The second-order valence-corrected chi connectivity index (χ2v) is 7.33. The lowest BCUT2D eigenvalue weighted by molar-refractivity contribution is -0.151. The fourth-order valence-electron chi connectivity index (χ4n) is 3.47. The van der Waals surface area contributed by atoms with Gasteiger partial charge in [0.1, 0.15) is 0 Å². The van der Waals surface area contributed by atoms with Crippen molar-refractivity contribution in [2.75, 3.05) is 44.7 Å². The molecule has 148 valence electrons. The lowest BCUT2D eigenvalue weighted by Crippen LogP contribution is -2.53. The normalized spacial score (nSPS) is 14.1. The Kier molecular flexibility index (Phi) is 6.29. The van der Waals surface area contributed by atoms with Crippen molar-refractivity contribution in [3.8, 4) is 0 Å². The molecule has 1 aromatic heterocycles. The molecule has 2 heterocycles. The maximum Gasteiger partial charge on any atom is 0.312 e. The van der Waals surface area contributed by atoms with E-state index in [0.717, 1.165) is 18.7 Å². The van der Waals surface area contributed by atoms with E-state index in [1.54, 1.807) is 24.3 Å². The SMILES string of the molecule is Cc1cccc(N2CCN(C(=O)C(=O)N(C)CCc3ccncc3)CC2)c1C. The number of aryl methyl sites for hydroxylation is 1. The summed E-state index contributed by atoms with van der Waals surface area (Å²) < 4.78 is 0. The fraction of sp³-hybridized carbons (Fsp3) is 0.409. The fourth-order valence-corrected chi connectivity index (χ4v) is 3.47. The zero-order valence-corrected chi connectivity index (χ0v) is 16.9. The van der Waals surface area contributed by atoms with Crippen LogP contribution in [0.2, 0.25) is 0 Å². The maximum absolute atomic E-state index is 12.6. The summed E-state index contributed by atoms with van der Waals surface area (Å²) in [4.78, 5) is 34.6. The molecule has 1 saturated heterocycles. The first-order valence-electron chi connectivity index (χ1n) is 9.72. The monoisotopic (exact) mass is 380 g/mol. The molecule has 1 aliphatic heterocycles. The number of benzene rings is 1. The first kappa shape index (κ1) is 19.9. The summed E-state index contributed by atoms with van der Waals surface area (Å²) >= 11 is 0. The van der Waals surface area contributed by atoms with Gasteiger partial charge in [-0.25, -0.2) is 0 Å². The zero-order valence-electron chi connectivity index (χ0n) is 16.9. The van der Waals surface area contributed by atoms with Crippen molar-refractivity contribution in [2.45, 2.75) is 20.3 Å². The van der Waals surface area contributed by atoms with E-state index < -0.39 is 11.8 Å². The number of carbonyl (C=O) groups excluding carboxylic acids is 2. The molecule has 6 heteroatoms. The lowest BCUT2D eigenvalue weighted by Gasteiger charge is -2.37. The summed E-state index contributed by atoms with van der Waals surface area (Å²) in [6.07, 6.45) is 4.17. The Morgan fingerprint density at radius 2 is 1.71 bits per heavy atom. The van der Waals surface area contributed by atoms with Crippen LogP contribution in [0, 0.1) is 13.8 Å². The van der Waals surface area contributed by atoms with Gasteiger partial charge in [0.25, 0.3) is 0 Å². The minimum Gasteiger partial charge on any atom is -0.368 e. The van der Waals surface area contributed by atoms with Gasteiger partial charge in [-0.2, -0.15) is 0 Å². The van der Waals surface area contributed by atoms with Crippen molar-refractivity contribution in [2.24, 2.45) is 0 Å². The quantitative estimate of drug-likeness (QED) is 0.762. The smallest absolute Gasteiger partial charge is 0.312 e. The Labute approximate surface area is 166 Å². The Balaban J connectivity index is 1.52. The van der Waals surface area contributed by atoms with Gasteiger partial charge < -0.3 is 14.7 Å². The van der Waals surface area contributed by atoms with Crippen LogP contribution in [0.5, 0.6) is 0 Å². The van der Waals surface area contributed by atoms with Crippen LogP contribution in [-0.4, -0.2) is 66.4 Å². The summed E-state index contributed by atoms with van der Waals surface area (Å²) in [6, 6.07) is 10.1. The van der Waals surface area contributed by atoms with E-state index in [1.165, 1.54) is 21.7 Å². The van der Waals surface area contributed by atoms with Gasteiger partial charge in [-0.15, -0.1) is 0 Å². The number of likely N-dealkylation sites (N-methyl/N-ethyl adjacent to an activating group) is 1. The van der Waals surface area contributed by atoms with Crippen molar-refractivity contribution in [1.29, 1.82) is 0 Å². The molecule has 0 atom stereocenters. The number of carbonyl (C=O) groups is 2. The molecular weight excluding hydrogens is 352 g/mol. The van der Waals surface area contributed by atoms with Crippen LogP contribution in [-0.2, 0) is 16.0 Å². The topological polar surface area (TPSA) is 56.8 Å². The number of anilines is 1. The predicted molar refractivity (Wildman–Crippen MR) is 110 cm³/mol. The molecule has 2 aromatic rings. The Morgan fingerprint density at radius 1 is 1.04 bits per heavy atom. The number of piperazine rings is 1. The average molecular weight is 380 g/mol. The number of hydrogen-bond acceptors (Lipinski definition) is 4. The highest BCUT2D eigenvalue weighted by Gasteiger charge is 2.28. The molecule has 6 nitrogen and oxygen atoms in total. The van der Waals surface area contributed by atoms with E-state index >= 15 is 0 Å². The number of hydrogen-bond donors (Lipinski definition) is 0. The molecule has 0 saturated carbocycles. The van der Waals surface area contributed by atoms with Crippen LogP contribution in [0.4, 0.5) is 5.69 Å². The summed E-state index contributed by atoms with van der Waals surface area (Å²) in [5.41, 5.74) is 4.85. The van der Waals surface area contributed by atoms with Crippen LogP contribution in [0.25, 0.3) is 0 Å². The second kappa shape index (κ2) is 8.87. The van der Waals surface area contributed by atoms with Crippen LogP contribution >= 0.6 is 0 Å². The van der Waals surface area contributed by atoms with E-state index in [9.17, 15) is 9.59 Å². The molecule has 0 radical (unpaired) electrons. The van der Waals surface area contributed by atoms with E-state index in [1.807, 2.05) is 12.1 Å². The molecule has 28 heavy (non-hydrogen) atoms.